The van der Waals surface area contributed by atoms with Crippen molar-refractivity contribution in [3.8, 4) is 0 Å². The van der Waals surface area contributed by atoms with Crippen LogP contribution in [0.25, 0.3) is 0 Å². The average Bonchev–Trinajstić information content (AvgIpc) is 2.64. The predicted molar refractivity (Wildman–Crippen MR) is 79.3 cm³/mol. The lowest BCUT2D eigenvalue weighted by Crippen LogP contribution is -2.35. The summed E-state index contributed by atoms with van der Waals surface area (Å²) in [7, 11) is 0. The van der Waals surface area contributed by atoms with Gasteiger partial charge in [-0.1, -0.05) is 37.8 Å². The molecule has 1 aromatic carbocycles. The molecule has 0 aliphatic heterocycles. The molecule has 1 N–H and O–H groups in total. The van der Waals surface area contributed by atoms with E-state index >= 15 is 0 Å². The van der Waals surface area contributed by atoms with E-state index in [1.165, 1.54) is 25.3 Å². The minimum atomic E-state index is -0.183. The quantitative estimate of drug-likeness (QED) is 0.776. The Kier molecular flexibility index (Phi) is 5.65. The van der Waals surface area contributed by atoms with Gasteiger partial charge in [0, 0.05) is 17.0 Å². The Morgan fingerprint density at radius 2 is 2.05 bits per heavy atom. The molecule has 106 valence electrons. The highest BCUT2D eigenvalue weighted by molar-refractivity contribution is 6.31. The van der Waals surface area contributed by atoms with Crippen LogP contribution in [-0.2, 0) is 0 Å². The maximum Gasteiger partial charge on any atom is 0.123 e. The second kappa shape index (κ2) is 7.25. The van der Waals surface area contributed by atoms with Crippen molar-refractivity contribution in [2.45, 2.75) is 57.4 Å². The van der Waals surface area contributed by atoms with Crippen LogP contribution in [0.5, 0.6) is 0 Å². The van der Waals surface area contributed by atoms with E-state index in [-0.39, 0.29) is 5.82 Å². The molecule has 0 radical (unpaired) electrons. The highest BCUT2D eigenvalue weighted by Gasteiger charge is 2.26. The predicted octanol–water partition coefficient (Wildman–Crippen LogP) is 4.90. The Balaban J connectivity index is 2.23. The average molecular weight is 284 g/mol. The molecule has 1 aromatic rings. The first-order valence-electron chi connectivity index (χ1n) is 7.40. The van der Waals surface area contributed by atoms with Crippen LogP contribution in [0, 0.1) is 5.82 Å². The molecule has 1 fully saturated rings. The van der Waals surface area contributed by atoms with Gasteiger partial charge in [-0.15, -0.1) is 0 Å². The number of halogens is 2. The van der Waals surface area contributed by atoms with E-state index in [1.54, 1.807) is 12.1 Å². The molecule has 0 bridgehead atoms. The smallest absolute Gasteiger partial charge is 0.123 e. The van der Waals surface area contributed by atoms with Gasteiger partial charge in [0.25, 0.3) is 0 Å². The van der Waals surface area contributed by atoms with E-state index in [4.69, 9.17) is 11.6 Å². The van der Waals surface area contributed by atoms with Crippen molar-refractivity contribution in [3.63, 3.8) is 0 Å². The molecule has 0 amide bonds. The minimum Gasteiger partial charge on any atom is -0.313 e. The van der Waals surface area contributed by atoms with E-state index in [1.807, 2.05) is 0 Å². The third kappa shape index (κ3) is 3.93. The van der Waals surface area contributed by atoms with Crippen molar-refractivity contribution in [1.29, 1.82) is 0 Å². The number of benzene rings is 1. The van der Waals surface area contributed by atoms with Gasteiger partial charge >= 0.3 is 0 Å². The van der Waals surface area contributed by atoms with Gasteiger partial charge in [-0.2, -0.15) is 0 Å². The summed E-state index contributed by atoms with van der Waals surface area (Å²) in [6.45, 7) is 3.20. The zero-order chi connectivity index (χ0) is 13.7. The summed E-state index contributed by atoms with van der Waals surface area (Å²) in [4.78, 5) is 0. The third-order valence-corrected chi connectivity index (χ3v) is 4.37. The highest BCUT2D eigenvalue weighted by Crippen LogP contribution is 2.36. The molecule has 1 aliphatic carbocycles. The fraction of sp³-hybridized carbons (Fsp3) is 0.625. The Labute approximate surface area is 120 Å². The SMILES string of the molecule is CCCNC1CCCCCC1c1cc(F)ccc1Cl. The van der Waals surface area contributed by atoms with Crippen LogP contribution < -0.4 is 5.32 Å². The van der Waals surface area contributed by atoms with Crippen LogP contribution in [0.15, 0.2) is 18.2 Å². The molecular weight excluding hydrogens is 261 g/mol. The molecule has 3 heteroatoms. The Morgan fingerprint density at radius 3 is 2.84 bits per heavy atom. The first-order chi connectivity index (χ1) is 9.22. The molecule has 19 heavy (non-hydrogen) atoms. The normalized spacial score (nSPS) is 24.2. The summed E-state index contributed by atoms with van der Waals surface area (Å²) in [5, 5.41) is 4.33. The number of nitrogens with one attached hydrogen (secondary N) is 1. The summed E-state index contributed by atoms with van der Waals surface area (Å²) in [6, 6.07) is 5.19. The van der Waals surface area contributed by atoms with E-state index < -0.39 is 0 Å². The van der Waals surface area contributed by atoms with Gasteiger partial charge in [0.2, 0.25) is 0 Å². The Hall–Kier alpha value is -0.600. The van der Waals surface area contributed by atoms with Gasteiger partial charge in [0.05, 0.1) is 0 Å². The first kappa shape index (κ1) is 14.8. The minimum absolute atomic E-state index is 0.183. The van der Waals surface area contributed by atoms with Crippen molar-refractivity contribution in [3.05, 3.63) is 34.6 Å². The van der Waals surface area contributed by atoms with Crippen LogP contribution in [0.4, 0.5) is 4.39 Å². The molecule has 2 unspecified atom stereocenters. The monoisotopic (exact) mass is 283 g/mol. The van der Waals surface area contributed by atoms with Gasteiger partial charge in [-0.25, -0.2) is 4.39 Å². The van der Waals surface area contributed by atoms with Gasteiger partial charge < -0.3 is 5.32 Å². The van der Waals surface area contributed by atoms with Gasteiger partial charge in [-0.05, 0) is 49.6 Å². The van der Waals surface area contributed by atoms with E-state index in [0.717, 1.165) is 31.4 Å². The fourth-order valence-corrected chi connectivity index (χ4v) is 3.31. The second-order valence-electron chi connectivity index (χ2n) is 5.47. The summed E-state index contributed by atoms with van der Waals surface area (Å²) in [6.07, 6.45) is 7.13. The Morgan fingerprint density at radius 1 is 1.26 bits per heavy atom. The van der Waals surface area contributed by atoms with Crippen LogP contribution in [-0.4, -0.2) is 12.6 Å². The maximum absolute atomic E-state index is 13.5. The molecule has 0 saturated heterocycles. The number of hydrogen-bond acceptors (Lipinski definition) is 1. The zero-order valence-electron chi connectivity index (χ0n) is 11.6. The summed E-state index contributed by atoms with van der Waals surface area (Å²) < 4.78 is 13.5. The lowest BCUT2D eigenvalue weighted by atomic mass is 9.87. The lowest BCUT2D eigenvalue weighted by molar-refractivity contribution is 0.410. The topological polar surface area (TPSA) is 12.0 Å². The lowest BCUT2D eigenvalue weighted by Gasteiger charge is -2.27. The standard InChI is InChI=1S/C16H23ClFN/c1-2-10-19-16-7-5-3-4-6-13(16)14-11-12(18)8-9-15(14)17/h8-9,11,13,16,19H,2-7,10H2,1H3. The van der Waals surface area contributed by atoms with Crippen molar-refractivity contribution in [2.75, 3.05) is 6.54 Å². The first-order valence-corrected chi connectivity index (χ1v) is 7.78. The molecule has 1 aliphatic rings. The van der Waals surface area contributed by atoms with E-state index in [2.05, 4.69) is 12.2 Å². The molecular formula is C16H23ClFN. The number of hydrogen-bond donors (Lipinski definition) is 1. The van der Waals surface area contributed by atoms with Crippen molar-refractivity contribution >= 4 is 11.6 Å². The van der Waals surface area contributed by atoms with Crippen LogP contribution in [0.3, 0.4) is 0 Å². The van der Waals surface area contributed by atoms with Crippen molar-refractivity contribution in [1.82, 2.24) is 5.32 Å². The van der Waals surface area contributed by atoms with Gasteiger partial charge in [-0.3, -0.25) is 0 Å². The number of rotatable bonds is 4. The van der Waals surface area contributed by atoms with E-state index in [0.29, 0.717) is 17.0 Å². The molecule has 0 aromatic heterocycles. The van der Waals surface area contributed by atoms with Crippen LogP contribution in [0.1, 0.15) is 56.9 Å². The zero-order valence-corrected chi connectivity index (χ0v) is 12.3. The van der Waals surface area contributed by atoms with Gasteiger partial charge in [0.1, 0.15) is 5.82 Å². The molecule has 2 rings (SSSR count). The summed E-state index contributed by atoms with van der Waals surface area (Å²) >= 11 is 6.29. The Bertz CT molecular complexity index is 408. The fourth-order valence-electron chi connectivity index (χ4n) is 3.05. The third-order valence-electron chi connectivity index (χ3n) is 4.03. The summed E-state index contributed by atoms with van der Waals surface area (Å²) in [5.41, 5.74) is 0.983. The highest BCUT2D eigenvalue weighted by atomic mass is 35.5. The molecule has 0 heterocycles. The molecule has 1 nitrogen and oxygen atoms in total. The van der Waals surface area contributed by atoms with Crippen molar-refractivity contribution < 1.29 is 4.39 Å². The second-order valence-corrected chi connectivity index (χ2v) is 5.88. The molecule has 2 atom stereocenters. The molecule has 1 saturated carbocycles. The van der Waals surface area contributed by atoms with Crippen molar-refractivity contribution in [2.24, 2.45) is 0 Å². The van der Waals surface area contributed by atoms with E-state index in [9.17, 15) is 4.39 Å². The van der Waals surface area contributed by atoms with Crippen LogP contribution in [0.2, 0.25) is 5.02 Å². The maximum atomic E-state index is 13.5. The van der Waals surface area contributed by atoms with Gasteiger partial charge in [0.15, 0.2) is 0 Å². The molecule has 0 spiro atoms. The largest absolute Gasteiger partial charge is 0.313 e. The van der Waals surface area contributed by atoms with Crippen LogP contribution >= 0.6 is 11.6 Å². The summed E-state index contributed by atoms with van der Waals surface area (Å²) in [5.74, 6) is 0.162.